The molecule has 0 bridgehead atoms. The monoisotopic (exact) mass is 283 g/mol. The van der Waals surface area contributed by atoms with Crippen molar-refractivity contribution in [3.05, 3.63) is 10.9 Å². The fraction of sp³-hybridized carbons (Fsp3) is 0.500. The molecule has 0 atom stereocenters. The molecule has 2 aromatic rings. The third kappa shape index (κ3) is 2.93. The first kappa shape index (κ1) is 13.6. The fourth-order valence-corrected chi connectivity index (χ4v) is 3.54. The van der Waals surface area contributed by atoms with E-state index in [0.717, 1.165) is 33.8 Å². The highest BCUT2D eigenvalue weighted by Gasteiger charge is 2.11. The van der Waals surface area contributed by atoms with Crippen LogP contribution in [0.1, 0.15) is 18.2 Å². The van der Waals surface area contributed by atoms with E-state index in [0.29, 0.717) is 5.95 Å². The van der Waals surface area contributed by atoms with Gasteiger partial charge in [-0.2, -0.15) is 0 Å². The zero-order chi connectivity index (χ0) is 13.0. The molecule has 2 heterocycles. The molecule has 0 amide bonds. The summed E-state index contributed by atoms with van der Waals surface area (Å²) in [7, 11) is 1.83. The van der Waals surface area contributed by atoms with Gasteiger partial charge in [-0.1, -0.05) is 6.92 Å². The molecule has 0 aliphatic carbocycles. The summed E-state index contributed by atoms with van der Waals surface area (Å²) in [5.41, 5.74) is 0. The molecule has 0 fully saturated rings. The van der Waals surface area contributed by atoms with Gasteiger partial charge in [-0.3, -0.25) is 0 Å². The van der Waals surface area contributed by atoms with Gasteiger partial charge in [-0.25, -0.2) is 9.97 Å². The summed E-state index contributed by atoms with van der Waals surface area (Å²) in [4.78, 5) is 11.4. The Morgan fingerprint density at radius 2 is 2.28 bits per heavy atom. The minimum absolute atomic E-state index is 0.226. The number of hydrogen-bond donors (Lipinski definition) is 2. The van der Waals surface area contributed by atoms with Gasteiger partial charge >= 0.3 is 0 Å². The van der Waals surface area contributed by atoms with Crippen molar-refractivity contribution in [1.82, 2.24) is 9.97 Å². The van der Waals surface area contributed by atoms with Crippen LogP contribution in [0.4, 0.5) is 5.95 Å². The average Bonchev–Trinajstić information content (AvgIpc) is 2.81. The molecule has 0 aliphatic heterocycles. The van der Waals surface area contributed by atoms with Crippen LogP contribution in [-0.2, 0) is 6.42 Å². The number of rotatable bonds is 6. The average molecular weight is 283 g/mol. The van der Waals surface area contributed by atoms with Gasteiger partial charge < -0.3 is 10.4 Å². The number of aryl methyl sites for hydroxylation is 1. The van der Waals surface area contributed by atoms with Crippen molar-refractivity contribution in [2.24, 2.45) is 0 Å². The Balaban J connectivity index is 2.37. The highest BCUT2D eigenvalue weighted by atomic mass is 32.2. The second kappa shape index (κ2) is 6.36. The van der Waals surface area contributed by atoms with Crippen LogP contribution < -0.4 is 5.32 Å². The van der Waals surface area contributed by atoms with Gasteiger partial charge in [0.1, 0.15) is 9.86 Å². The Bertz CT molecular complexity index is 527. The Labute approximate surface area is 115 Å². The van der Waals surface area contributed by atoms with E-state index in [9.17, 15) is 0 Å². The predicted octanol–water partition coefficient (Wildman–Crippen LogP) is 2.77. The van der Waals surface area contributed by atoms with Crippen molar-refractivity contribution in [3.8, 4) is 0 Å². The molecule has 2 rings (SSSR count). The lowest BCUT2D eigenvalue weighted by atomic mass is 10.3. The number of hydrogen-bond acceptors (Lipinski definition) is 6. The smallest absolute Gasteiger partial charge is 0.224 e. The van der Waals surface area contributed by atoms with Crippen molar-refractivity contribution in [2.45, 2.75) is 24.8 Å². The summed E-state index contributed by atoms with van der Waals surface area (Å²) in [6.45, 7) is 2.37. The van der Waals surface area contributed by atoms with Crippen molar-refractivity contribution in [3.63, 3.8) is 0 Å². The van der Waals surface area contributed by atoms with Gasteiger partial charge in [0.25, 0.3) is 0 Å². The van der Waals surface area contributed by atoms with E-state index in [-0.39, 0.29) is 6.61 Å². The topological polar surface area (TPSA) is 58.0 Å². The van der Waals surface area contributed by atoms with Gasteiger partial charge in [-0.05, 0) is 18.9 Å². The molecule has 0 radical (unpaired) electrons. The molecular weight excluding hydrogens is 266 g/mol. The minimum atomic E-state index is 0.226. The molecule has 0 saturated heterocycles. The van der Waals surface area contributed by atoms with Crippen molar-refractivity contribution >= 4 is 39.3 Å². The number of aliphatic hydroxyl groups excluding tert-OH is 1. The van der Waals surface area contributed by atoms with Crippen LogP contribution in [0.3, 0.4) is 0 Å². The number of aromatic nitrogens is 2. The fourth-order valence-electron chi connectivity index (χ4n) is 1.57. The van der Waals surface area contributed by atoms with Crippen LogP contribution in [-0.4, -0.2) is 34.5 Å². The Morgan fingerprint density at radius 1 is 1.44 bits per heavy atom. The Kier molecular flexibility index (Phi) is 4.79. The third-order valence-electron chi connectivity index (χ3n) is 2.52. The summed E-state index contributed by atoms with van der Waals surface area (Å²) in [6.07, 6.45) is 1.81. The van der Waals surface area contributed by atoms with Crippen LogP contribution in [0.15, 0.2) is 11.1 Å². The van der Waals surface area contributed by atoms with E-state index >= 15 is 0 Å². The highest BCUT2D eigenvalue weighted by Crippen LogP contribution is 2.32. The highest BCUT2D eigenvalue weighted by molar-refractivity contribution is 7.99. The van der Waals surface area contributed by atoms with Gasteiger partial charge in [0.2, 0.25) is 5.95 Å². The van der Waals surface area contributed by atoms with E-state index in [2.05, 4.69) is 28.3 Å². The Hall–Kier alpha value is -0.850. The molecule has 2 aromatic heterocycles. The SMILES string of the molecule is CCc1cc2c(SCCCO)nc(NC)nc2s1. The van der Waals surface area contributed by atoms with E-state index < -0.39 is 0 Å². The maximum atomic E-state index is 8.84. The zero-order valence-electron chi connectivity index (χ0n) is 10.6. The van der Waals surface area contributed by atoms with E-state index in [1.165, 1.54) is 4.88 Å². The third-order valence-corrected chi connectivity index (χ3v) is 4.77. The molecule has 0 spiro atoms. The van der Waals surface area contributed by atoms with Crippen molar-refractivity contribution < 1.29 is 5.11 Å². The number of fused-ring (bicyclic) bond motifs is 1. The maximum Gasteiger partial charge on any atom is 0.224 e. The summed E-state index contributed by atoms with van der Waals surface area (Å²) in [6, 6.07) is 2.18. The van der Waals surface area contributed by atoms with Gasteiger partial charge in [0.05, 0.1) is 0 Å². The van der Waals surface area contributed by atoms with E-state index in [1.807, 2.05) is 7.05 Å². The van der Waals surface area contributed by atoms with Crippen molar-refractivity contribution in [1.29, 1.82) is 0 Å². The lowest BCUT2D eigenvalue weighted by molar-refractivity contribution is 0.296. The summed E-state index contributed by atoms with van der Waals surface area (Å²) >= 11 is 3.41. The molecule has 0 aliphatic rings. The number of thiophene rings is 1. The van der Waals surface area contributed by atoms with E-state index in [4.69, 9.17) is 5.11 Å². The molecule has 0 aromatic carbocycles. The van der Waals surface area contributed by atoms with Gasteiger partial charge in [-0.15, -0.1) is 23.1 Å². The van der Waals surface area contributed by atoms with Crippen LogP contribution in [0.25, 0.3) is 10.2 Å². The molecule has 98 valence electrons. The van der Waals surface area contributed by atoms with Crippen LogP contribution in [0, 0.1) is 0 Å². The van der Waals surface area contributed by atoms with Crippen LogP contribution in [0.5, 0.6) is 0 Å². The van der Waals surface area contributed by atoms with Gasteiger partial charge in [0.15, 0.2) is 0 Å². The summed E-state index contributed by atoms with van der Waals surface area (Å²) < 4.78 is 0. The largest absolute Gasteiger partial charge is 0.396 e. The standard InChI is InChI=1S/C12H17N3OS2/c1-3-8-7-9-10(17-6-4-5-16)14-12(13-2)15-11(9)18-8/h7,16H,3-6H2,1-2H3,(H,13,14,15). The van der Waals surface area contributed by atoms with Crippen LogP contribution >= 0.6 is 23.1 Å². The number of nitrogens with one attached hydrogen (secondary N) is 1. The van der Waals surface area contributed by atoms with Crippen molar-refractivity contribution in [2.75, 3.05) is 24.7 Å². The molecule has 4 nitrogen and oxygen atoms in total. The lowest BCUT2D eigenvalue weighted by Crippen LogP contribution is -1.97. The summed E-state index contributed by atoms with van der Waals surface area (Å²) in [5, 5.41) is 14.0. The van der Waals surface area contributed by atoms with Crippen LogP contribution in [0.2, 0.25) is 0 Å². The minimum Gasteiger partial charge on any atom is -0.396 e. The zero-order valence-corrected chi connectivity index (χ0v) is 12.2. The van der Waals surface area contributed by atoms with Gasteiger partial charge in [0, 0.05) is 29.7 Å². The number of aliphatic hydroxyl groups is 1. The number of anilines is 1. The number of thioether (sulfide) groups is 1. The van der Waals surface area contributed by atoms with E-state index in [1.54, 1.807) is 23.1 Å². The number of nitrogens with zero attached hydrogens (tertiary/aromatic N) is 2. The summed E-state index contributed by atoms with van der Waals surface area (Å²) in [5.74, 6) is 1.54. The predicted molar refractivity (Wildman–Crippen MR) is 78.8 cm³/mol. The lowest BCUT2D eigenvalue weighted by Gasteiger charge is -2.04. The molecule has 0 saturated carbocycles. The normalized spacial score (nSPS) is 11.1. The quantitative estimate of drug-likeness (QED) is 0.485. The second-order valence-electron chi connectivity index (χ2n) is 3.81. The first-order chi connectivity index (χ1) is 8.78. The molecule has 18 heavy (non-hydrogen) atoms. The molecule has 2 N–H and O–H groups in total. The maximum absolute atomic E-state index is 8.84. The first-order valence-corrected chi connectivity index (χ1v) is 7.80. The molecule has 0 unspecified atom stereocenters. The molecular formula is C12H17N3OS2. The first-order valence-electron chi connectivity index (χ1n) is 6.00. The molecule has 6 heteroatoms. The second-order valence-corrected chi connectivity index (χ2v) is 6.01. The Morgan fingerprint density at radius 3 is 2.94 bits per heavy atom.